The number of ether oxygens (including phenoxy) is 1. The second-order valence-corrected chi connectivity index (χ2v) is 12.2. The summed E-state index contributed by atoms with van der Waals surface area (Å²) >= 11 is 0. The highest BCUT2D eigenvalue weighted by molar-refractivity contribution is 5.79. The number of methoxy groups -OCH3 is 1. The molecular weight excluding hydrogens is 452 g/mol. The highest BCUT2D eigenvalue weighted by atomic mass is 16.5. The van der Waals surface area contributed by atoms with E-state index in [0.29, 0.717) is 47.9 Å². The van der Waals surface area contributed by atoms with Crippen LogP contribution < -0.4 is 10.6 Å². The number of rotatable bonds is 5. The van der Waals surface area contributed by atoms with Crippen LogP contribution in [0.2, 0.25) is 0 Å². The van der Waals surface area contributed by atoms with Gasteiger partial charge in [0.15, 0.2) is 0 Å². The quantitative estimate of drug-likeness (QED) is 0.648. The Kier molecular flexibility index (Phi) is 7.71. The van der Waals surface area contributed by atoms with Gasteiger partial charge < -0.3 is 24.7 Å². The molecule has 200 valence electrons. The van der Waals surface area contributed by atoms with Crippen molar-refractivity contribution in [3.05, 3.63) is 24.2 Å². The summed E-state index contributed by atoms with van der Waals surface area (Å²) < 4.78 is 11.2. The lowest BCUT2D eigenvalue weighted by Gasteiger charge is -2.46. The molecule has 4 heterocycles. The number of piperidine rings is 1. The molecule has 0 radical (unpaired) electrons. The Labute approximate surface area is 216 Å². The molecule has 6 rings (SSSR count). The van der Waals surface area contributed by atoms with Crippen LogP contribution in [0.15, 0.2) is 23.0 Å². The van der Waals surface area contributed by atoms with Crippen molar-refractivity contribution in [1.82, 2.24) is 20.4 Å². The fraction of sp³-hybridized carbons (Fsp3) is 0.828. The third kappa shape index (κ3) is 4.89. The minimum atomic E-state index is 0.205. The SMILES string of the molecule is COC1CCCCC1N1CCN(C(=O)C2CCCCC2C2CNC3NCC(c4ccoc4)C3C2)CC1. The molecule has 2 N–H and O–H groups in total. The second-order valence-electron chi connectivity index (χ2n) is 12.2. The summed E-state index contributed by atoms with van der Waals surface area (Å²) in [5.41, 5.74) is 1.32. The first-order chi connectivity index (χ1) is 17.7. The van der Waals surface area contributed by atoms with Gasteiger partial charge in [-0.05, 0) is 68.0 Å². The number of carbonyl (C=O) groups excluding carboxylic acids is 1. The van der Waals surface area contributed by atoms with E-state index in [9.17, 15) is 4.79 Å². The first-order valence-corrected chi connectivity index (χ1v) is 14.8. The van der Waals surface area contributed by atoms with Gasteiger partial charge in [-0.25, -0.2) is 0 Å². The van der Waals surface area contributed by atoms with Gasteiger partial charge in [-0.1, -0.05) is 25.7 Å². The van der Waals surface area contributed by atoms with E-state index in [1.807, 2.05) is 13.4 Å². The van der Waals surface area contributed by atoms with Crippen LogP contribution in [0.3, 0.4) is 0 Å². The first kappa shape index (κ1) is 24.9. The second kappa shape index (κ2) is 11.1. The Morgan fingerprint density at radius 1 is 0.972 bits per heavy atom. The van der Waals surface area contributed by atoms with E-state index in [2.05, 4.69) is 26.5 Å². The minimum absolute atomic E-state index is 0.205. The number of fused-ring (bicyclic) bond motifs is 1. The van der Waals surface area contributed by atoms with Crippen molar-refractivity contribution in [2.45, 2.75) is 82.0 Å². The molecule has 1 aromatic rings. The van der Waals surface area contributed by atoms with E-state index in [-0.39, 0.29) is 5.92 Å². The van der Waals surface area contributed by atoms with Gasteiger partial charge in [-0.15, -0.1) is 0 Å². The molecule has 8 atom stereocenters. The summed E-state index contributed by atoms with van der Waals surface area (Å²) in [6, 6.07) is 2.67. The Morgan fingerprint density at radius 2 is 1.75 bits per heavy atom. The molecule has 2 saturated carbocycles. The molecule has 7 heteroatoms. The lowest BCUT2D eigenvalue weighted by molar-refractivity contribution is -0.142. The molecule has 5 fully saturated rings. The highest BCUT2D eigenvalue weighted by Crippen LogP contribution is 2.45. The van der Waals surface area contributed by atoms with Gasteiger partial charge in [-0.2, -0.15) is 0 Å². The maximum absolute atomic E-state index is 13.9. The Bertz CT molecular complexity index is 855. The van der Waals surface area contributed by atoms with Gasteiger partial charge in [-0.3, -0.25) is 9.69 Å². The van der Waals surface area contributed by atoms with Crippen LogP contribution in [0.25, 0.3) is 0 Å². The molecular formula is C29H46N4O3. The molecule has 3 saturated heterocycles. The molecule has 1 aromatic heterocycles. The standard InChI is InChI=1S/C29H46N4O3/c1-35-27-9-5-4-8-26(27)32-11-13-33(14-12-32)29(34)23-7-3-2-6-22(23)21-16-24-25(20-10-15-36-19-20)18-31-28(24)30-17-21/h10,15,19,21-28,30-31H,2-9,11-14,16-18H2,1H3. The average molecular weight is 499 g/mol. The van der Waals surface area contributed by atoms with E-state index in [4.69, 9.17) is 9.15 Å². The Hall–Kier alpha value is -1.41. The molecule has 0 aromatic carbocycles. The van der Waals surface area contributed by atoms with Crippen LogP contribution in [-0.2, 0) is 9.53 Å². The third-order valence-corrected chi connectivity index (χ3v) is 10.5. The fourth-order valence-corrected chi connectivity index (χ4v) is 8.51. The third-order valence-electron chi connectivity index (χ3n) is 10.5. The summed E-state index contributed by atoms with van der Waals surface area (Å²) in [6.07, 6.45) is 15.5. The maximum atomic E-state index is 13.9. The number of furan rings is 1. The van der Waals surface area contributed by atoms with E-state index >= 15 is 0 Å². The highest BCUT2D eigenvalue weighted by Gasteiger charge is 2.46. The molecule has 7 nitrogen and oxygen atoms in total. The Balaban J connectivity index is 1.08. The molecule has 0 spiro atoms. The van der Waals surface area contributed by atoms with Gasteiger partial charge >= 0.3 is 0 Å². The normalized spacial score (nSPS) is 40.2. The summed E-state index contributed by atoms with van der Waals surface area (Å²) in [6.45, 7) is 5.82. The fourth-order valence-electron chi connectivity index (χ4n) is 8.51. The molecule has 2 aliphatic carbocycles. The summed E-state index contributed by atoms with van der Waals surface area (Å²) in [5.74, 6) is 2.83. The van der Waals surface area contributed by atoms with Crippen molar-refractivity contribution in [2.75, 3.05) is 46.4 Å². The van der Waals surface area contributed by atoms with Gasteiger partial charge in [0, 0.05) is 57.7 Å². The topological polar surface area (TPSA) is 70.0 Å². The van der Waals surface area contributed by atoms with Crippen molar-refractivity contribution in [3.63, 3.8) is 0 Å². The first-order valence-electron chi connectivity index (χ1n) is 14.8. The minimum Gasteiger partial charge on any atom is -0.472 e. The molecule has 0 bridgehead atoms. The number of carbonyl (C=O) groups is 1. The van der Waals surface area contributed by atoms with Gasteiger partial charge in [0.1, 0.15) is 0 Å². The van der Waals surface area contributed by atoms with Gasteiger partial charge in [0.2, 0.25) is 5.91 Å². The van der Waals surface area contributed by atoms with Gasteiger partial charge in [0.25, 0.3) is 0 Å². The van der Waals surface area contributed by atoms with Crippen LogP contribution in [0.5, 0.6) is 0 Å². The lowest BCUT2D eigenvalue weighted by atomic mass is 9.67. The zero-order valence-electron chi connectivity index (χ0n) is 22.1. The molecule has 5 aliphatic rings. The largest absolute Gasteiger partial charge is 0.472 e. The van der Waals surface area contributed by atoms with E-state index in [1.165, 1.54) is 56.9 Å². The summed E-state index contributed by atoms with van der Waals surface area (Å²) in [7, 11) is 1.87. The van der Waals surface area contributed by atoms with Crippen molar-refractivity contribution >= 4 is 5.91 Å². The zero-order chi connectivity index (χ0) is 24.5. The number of amides is 1. The van der Waals surface area contributed by atoms with Crippen LogP contribution in [-0.4, -0.2) is 80.4 Å². The van der Waals surface area contributed by atoms with Crippen molar-refractivity contribution in [3.8, 4) is 0 Å². The molecule has 36 heavy (non-hydrogen) atoms. The number of hydrogen-bond donors (Lipinski definition) is 2. The monoisotopic (exact) mass is 498 g/mol. The number of nitrogens with zero attached hydrogens (tertiary/aromatic N) is 2. The van der Waals surface area contributed by atoms with Crippen molar-refractivity contribution < 1.29 is 13.9 Å². The maximum Gasteiger partial charge on any atom is 0.226 e. The van der Waals surface area contributed by atoms with Crippen molar-refractivity contribution in [2.24, 2.45) is 23.7 Å². The lowest BCUT2D eigenvalue weighted by Crippen LogP contribution is -2.57. The molecule has 8 unspecified atom stereocenters. The number of hydrogen-bond acceptors (Lipinski definition) is 6. The van der Waals surface area contributed by atoms with Gasteiger partial charge in [0.05, 0.1) is 24.8 Å². The van der Waals surface area contributed by atoms with Crippen LogP contribution in [0, 0.1) is 23.7 Å². The summed E-state index contributed by atoms with van der Waals surface area (Å²) in [5, 5.41) is 7.53. The van der Waals surface area contributed by atoms with E-state index in [1.54, 1.807) is 6.26 Å². The van der Waals surface area contributed by atoms with Crippen LogP contribution in [0.4, 0.5) is 0 Å². The summed E-state index contributed by atoms with van der Waals surface area (Å²) in [4.78, 5) is 18.8. The molecule has 1 amide bonds. The number of nitrogens with one attached hydrogen (secondary N) is 2. The predicted octanol–water partition coefficient (Wildman–Crippen LogP) is 3.43. The van der Waals surface area contributed by atoms with E-state index < -0.39 is 0 Å². The molecule has 3 aliphatic heterocycles. The predicted molar refractivity (Wildman–Crippen MR) is 139 cm³/mol. The average Bonchev–Trinajstić information content (AvgIpc) is 3.62. The van der Waals surface area contributed by atoms with E-state index in [0.717, 1.165) is 45.7 Å². The Morgan fingerprint density at radius 3 is 2.56 bits per heavy atom. The number of piperazine rings is 1. The smallest absolute Gasteiger partial charge is 0.226 e. The zero-order valence-corrected chi connectivity index (χ0v) is 22.1. The van der Waals surface area contributed by atoms with Crippen LogP contribution >= 0.6 is 0 Å². The van der Waals surface area contributed by atoms with Crippen LogP contribution in [0.1, 0.15) is 69.3 Å². The van der Waals surface area contributed by atoms with Crippen molar-refractivity contribution in [1.29, 1.82) is 0 Å².